The van der Waals surface area contributed by atoms with Crippen LogP contribution in [0.1, 0.15) is 22.3 Å². The Morgan fingerprint density at radius 2 is 1.06 bits per heavy atom. The molecule has 1 aliphatic carbocycles. The molecule has 0 amide bonds. The molecular formula is C49H30N2S. The van der Waals surface area contributed by atoms with Gasteiger partial charge < -0.3 is 0 Å². The normalized spacial score (nSPS) is 13.2. The average molecular weight is 679 g/mol. The summed E-state index contributed by atoms with van der Waals surface area (Å²) in [6, 6.07) is 66.1. The molecule has 1 aliphatic rings. The zero-order chi connectivity index (χ0) is 34.2. The number of nitrogens with zero attached hydrogens (tertiary/aromatic N) is 2. The standard InChI is InChI=1S/C49H30N2S/c1-2-13-32(14-3-1)47-46-36-15-5-4-12-31(36)24-28-43(46)50-48(51-47)33-22-25-34(26-23-33)49(41-19-9-6-16-37(41)38-17-7-10-20-42(38)49)35-27-29-45-40(30-35)39-18-8-11-21-44(39)52-45/h1-30H. The van der Waals surface area contributed by atoms with Gasteiger partial charge in [0.15, 0.2) is 5.82 Å². The van der Waals surface area contributed by atoms with Gasteiger partial charge in [0, 0.05) is 36.7 Å². The number of hydrogen-bond acceptors (Lipinski definition) is 3. The fourth-order valence-electron chi connectivity index (χ4n) is 8.69. The van der Waals surface area contributed by atoms with Gasteiger partial charge in [-0.3, -0.25) is 0 Å². The third-order valence-electron chi connectivity index (χ3n) is 11.0. The van der Waals surface area contributed by atoms with Crippen molar-refractivity contribution in [1.82, 2.24) is 9.97 Å². The molecule has 0 saturated heterocycles. The molecule has 0 unspecified atom stereocenters. The van der Waals surface area contributed by atoms with Crippen molar-refractivity contribution in [3.05, 3.63) is 204 Å². The van der Waals surface area contributed by atoms with Crippen molar-refractivity contribution in [3.63, 3.8) is 0 Å². The first kappa shape index (κ1) is 29.3. The summed E-state index contributed by atoms with van der Waals surface area (Å²) in [5, 5.41) is 6.05. The molecule has 2 nitrogen and oxygen atoms in total. The number of benzene rings is 8. The van der Waals surface area contributed by atoms with Crippen molar-refractivity contribution >= 4 is 53.2 Å². The Morgan fingerprint density at radius 1 is 0.423 bits per heavy atom. The van der Waals surface area contributed by atoms with Crippen LogP contribution >= 0.6 is 11.3 Å². The van der Waals surface area contributed by atoms with E-state index < -0.39 is 5.41 Å². The maximum Gasteiger partial charge on any atom is 0.160 e. The Kier molecular flexibility index (Phi) is 6.37. The van der Waals surface area contributed by atoms with E-state index in [0.29, 0.717) is 0 Å². The minimum absolute atomic E-state index is 0.499. The molecule has 0 radical (unpaired) electrons. The summed E-state index contributed by atoms with van der Waals surface area (Å²) in [6.07, 6.45) is 0. The van der Waals surface area contributed by atoms with E-state index in [2.05, 4.69) is 182 Å². The first-order chi connectivity index (χ1) is 25.8. The SMILES string of the molecule is c1ccc(-c2nc(-c3ccc(C4(c5ccc6sc7ccccc7c6c5)c5ccccc5-c5ccccc54)cc3)nc3ccc4ccccc4c23)cc1. The van der Waals surface area contributed by atoms with Gasteiger partial charge in [-0.1, -0.05) is 158 Å². The topological polar surface area (TPSA) is 25.8 Å². The molecule has 0 N–H and O–H groups in total. The smallest absolute Gasteiger partial charge is 0.160 e. The number of fused-ring (bicyclic) bond motifs is 9. The molecule has 2 heterocycles. The maximum atomic E-state index is 5.31. The molecule has 242 valence electrons. The predicted molar refractivity (Wildman–Crippen MR) is 218 cm³/mol. The summed E-state index contributed by atoms with van der Waals surface area (Å²) in [5.74, 6) is 0.723. The zero-order valence-electron chi connectivity index (χ0n) is 28.1. The minimum Gasteiger partial charge on any atom is -0.228 e. The summed E-state index contributed by atoms with van der Waals surface area (Å²) in [6.45, 7) is 0. The van der Waals surface area contributed by atoms with E-state index in [1.807, 2.05) is 11.3 Å². The molecule has 0 aliphatic heterocycles. The number of aromatic nitrogens is 2. The molecule has 11 rings (SSSR count). The van der Waals surface area contributed by atoms with Crippen LogP contribution in [-0.4, -0.2) is 9.97 Å². The van der Waals surface area contributed by atoms with Gasteiger partial charge in [0.25, 0.3) is 0 Å². The van der Waals surface area contributed by atoms with Crippen LogP contribution in [0.5, 0.6) is 0 Å². The van der Waals surface area contributed by atoms with Gasteiger partial charge in [-0.25, -0.2) is 9.97 Å². The van der Waals surface area contributed by atoms with E-state index in [9.17, 15) is 0 Å². The maximum absolute atomic E-state index is 5.31. The van der Waals surface area contributed by atoms with Crippen molar-refractivity contribution in [2.24, 2.45) is 0 Å². The van der Waals surface area contributed by atoms with E-state index in [0.717, 1.165) is 38.9 Å². The van der Waals surface area contributed by atoms with Crippen LogP contribution < -0.4 is 0 Å². The number of rotatable bonds is 4. The van der Waals surface area contributed by atoms with Crippen molar-refractivity contribution in [1.29, 1.82) is 0 Å². The number of thiophene rings is 1. The minimum atomic E-state index is -0.499. The molecule has 0 atom stereocenters. The lowest BCUT2D eigenvalue weighted by Crippen LogP contribution is -2.28. The van der Waals surface area contributed by atoms with E-state index >= 15 is 0 Å². The quantitative estimate of drug-likeness (QED) is 0.173. The van der Waals surface area contributed by atoms with Crippen molar-refractivity contribution in [2.75, 3.05) is 0 Å². The molecule has 3 heteroatoms. The van der Waals surface area contributed by atoms with Gasteiger partial charge in [0.2, 0.25) is 0 Å². The van der Waals surface area contributed by atoms with Crippen LogP contribution in [-0.2, 0) is 5.41 Å². The lowest BCUT2D eigenvalue weighted by atomic mass is 9.67. The van der Waals surface area contributed by atoms with E-state index in [4.69, 9.17) is 9.97 Å². The van der Waals surface area contributed by atoms with Crippen molar-refractivity contribution < 1.29 is 0 Å². The van der Waals surface area contributed by atoms with E-state index in [1.165, 1.54) is 58.9 Å². The first-order valence-electron chi connectivity index (χ1n) is 17.7. The Hall–Kier alpha value is -6.42. The summed E-state index contributed by atoms with van der Waals surface area (Å²) in [5.41, 5.74) is 11.2. The van der Waals surface area contributed by atoms with E-state index in [-0.39, 0.29) is 0 Å². The van der Waals surface area contributed by atoms with Gasteiger partial charge >= 0.3 is 0 Å². The highest BCUT2D eigenvalue weighted by Gasteiger charge is 2.46. The second kappa shape index (κ2) is 11.3. The van der Waals surface area contributed by atoms with Gasteiger partial charge in [0.1, 0.15) is 0 Å². The summed E-state index contributed by atoms with van der Waals surface area (Å²) in [7, 11) is 0. The monoisotopic (exact) mass is 678 g/mol. The van der Waals surface area contributed by atoms with Crippen LogP contribution in [0.2, 0.25) is 0 Å². The second-order valence-corrected chi connectivity index (χ2v) is 14.8. The van der Waals surface area contributed by atoms with E-state index in [1.54, 1.807) is 0 Å². The fraction of sp³-hybridized carbons (Fsp3) is 0.0204. The third-order valence-corrected chi connectivity index (χ3v) is 12.1. The summed E-state index contributed by atoms with van der Waals surface area (Å²) >= 11 is 1.87. The highest BCUT2D eigenvalue weighted by molar-refractivity contribution is 7.25. The number of hydrogen-bond donors (Lipinski definition) is 0. The Morgan fingerprint density at radius 3 is 1.85 bits per heavy atom. The Bertz CT molecular complexity index is 2970. The molecule has 10 aromatic rings. The highest BCUT2D eigenvalue weighted by atomic mass is 32.1. The van der Waals surface area contributed by atoms with Gasteiger partial charge in [-0.2, -0.15) is 0 Å². The van der Waals surface area contributed by atoms with Crippen LogP contribution in [0.4, 0.5) is 0 Å². The van der Waals surface area contributed by atoms with Crippen LogP contribution in [0, 0.1) is 0 Å². The fourth-order valence-corrected chi connectivity index (χ4v) is 9.78. The van der Waals surface area contributed by atoms with Gasteiger partial charge in [-0.05, 0) is 68.4 Å². The highest BCUT2D eigenvalue weighted by Crippen LogP contribution is 2.56. The van der Waals surface area contributed by atoms with Crippen molar-refractivity contribution in [2.45, 2.75) is 5.41 Å². The molecule has 2 aromatic heterocycles. The average Bonchev–Trinajstić information content (AvgIpc) is 3.74. The van der Waals surface area contributed by atoms with Gasteiger partial charge in [-0.15, -0.1) is 11.3 Å². The largest absolute Gasteiger partial charge is 0.228 e. The molecule has 52 heavy (non-hydrogen) atoms. The molecule has 0 fully saturated rings. The Balaban J connectivity index is 1.14. The Labute approximate surface area is 305 Å². The zero-order valence-corrected chi connectivity index (χ0v) is 28.9. The lowest BCUT2D eigenvalue weighted by molar-refractivity contribution is 0.770. The molecule has 0 spiro atoms. The molecule has 0 bridgehead atoms. The molecule has 8 aromatic carbocycles. The summed E-state index contributed by atoms with van der Waals surface area (Å²) in [4.78, 5) is 10.5. The second-order valence-electron chi connectivity index (χ2n) is 13.7. The van der Waals surface area contributed by atoms with Crippen LogP contribution in [0.15, 0.2) is 182 Å². The van der Waals surface area contributed by atoms with Crippen molar-refractivity contribution in [3.8, 4) is 33.8 Å². The van der Waals surface area contributed by atoms with Crippen LogP contribution in [0.25, 0.3) is 75.6 Å². The molecular weight excluding hydrogens is 649 g/mol. The molecule has 0 saturated carbocycles. The third kappa shape index (κ3) is 4.17. The van der Waals surface area contributed by atoms with Crippen LogP contribution in [0.3, 0.4) is 0 Å². The van der Waals surface area contributed by atoms with Gasteiger partial charge in [0.05, 0.1) is 16.6 Å². The lowest BCUT2D eigenvalue weighted by Gasteiger charge is -2.34. The summed E-state index contributed by atoms with van der Waals surface area (Å²) < 4.78 is 2.63. The predicted octanol–water partition coefficient (Wildman–Crippen LogP) is 12.8. The first-order valence-corrected chi connectivity index (χ1v) is 18.6.